The normalized spacial score (nSPS) is 22.5. The van der Waals surface area contributed by atoms with Crippen molar-refractivity contribution in [1.82, 2.24) is 14.7 Å². The summed E-state index contributed by atoms with van der Waals surface area (Å²) in [6.07, 6.45) is -0.304. The lowest BCUT2D eigenvalue weighted by molar-refractivity contribution is -0.136. The van der Waals surface area contributed by atoms with Gasteiger partial charge in [0.15, 0.2) is 0 Å². The first-order valence-electron chi connectivity index (χ1n) is 11.4. The van der Waals surface area contributed by atoms with E-state index in [0.717, 1.165) is 0 Å². The van der Waals surface area contributed by atoms with Gasteiger partial charge in [-0.3, -0.25) is 14.3 Å². The number of anilines is 1. The molecule has 0 spiro atoms. The third-order valence-corrected chi connectivity index (χ3v) is 7.18. The number of likely N-dealkylation sites (N-methyl/N-ethyl adjacent to an activating group) is 2. The second-order valence-corrected chi connectivity index (χ2v) is 11.1. The van der Waals surface area contributed by atoms with E-state index in [-0.39, 0.29) is 60.0 Å². The first-order valence-corrected chi connectivity index (χ1v) is 13.0. The summed E-state index contributed by atoms with van der Waals surface area (Å²) in [5, 5.41) is 0. The molecule has 0 fully saturated rings. The average Bonchev–Trinajstić information content (AvgIpc) is 2.77. The quantitative estimate of drug-likeness (QED) is 0.631. The van der Waals surface area contributed by atoms with Gasteiger partial charge in [-0.15, -0.1) is 0 Å². The van der Waals surface area contributed by atoms with Crippen LogP contribution in [0.1, 0.15) is 31.1 Å². The number of sulfonamides is 1. The monoisotopic (exact) mass is 498 g/mol. The topological polar surface area (TPSA) is 108 Å². The Labute approximate surface area is 203 Å². The SMILES string of the molecule is CCS(=O)(=O)Nc1ccc2c(c1)C(=O)N(C)C[C@H](OC)[C@@H](C)CN(C(=O)CN(C)C)[C@H](C)CO2. The summed E-state index contributed by atoms with van der Waals surface area (Å²) in [6.45, 7) is 6.64. The number of nitrogens with one attached hydrogen (secondary N) is 1. The van der Waals surface area contributed by atoms with Gasteiger partial charge in [-0.2, -0.15) is 0 Å². The fraction of sp³-hybridized carbons (Fsp3) is 0.652. The van der Waals surface area contributed by atoms with E-state index in [1.807, 2.05) is 32.8 Å². The van der Waals surface area contributed by atoms with Crippen LogP contribution in [0.15, 0.2) is 18.2 Å². The van der Waals surface area contributed by atoms with Crippen molar-refractivity contribution in [2.24, 2.45) is 5.92 Å². The summed E-state index contributed by atoms with van der Waals surface area (Å²) in [5.74, 6) is -0.138. The fourth-order valence-corrected chi connectivity index (χ4v) is 4.43. The van der Waals surface area contributed by atoms with Crippen LogP contribution in [0.3, 0.4) is 0 Å². The molecule has 11 heteroatoms. The molecule has 34 heavy (non-hydrogen) atoms. The molecule has 0 saturated heterocycles. The number of benzene rings is 1. The summed E-state index contributed by atoms with van der Waals surface area (Å²) in [7, 11) is 3.44. The van der Waals surface area contributed by atoms with Crippen LogP contribution in [0.4, 0.5) is 5.69 Å². The Morgan fingerprint density at radius 1 is 1.26 bits per heavy atom. The van der Waals surface area contributed by atoms with Gasteiger partial charge >= 0.3 is 0 Å². The predicted octanol–water partition coefficient (Wildman–Crippen LogP) is 1.34. The zero-order valence-corrected chi connectivity index (χ0v) is 22.0. The summed E-state index contributed by atoms with van der Waals surface area (Å²) >= 11 is 0. The predicted molar refractivity (Wildman–Crippen MR) is 132 cm³/mol. The molecule has 1 aliphatic heterocycles. The van der Waals surface area contributed by atoms with Crippen LogP contribution in [-0.4, -0.2) is 107 Å². The third-order valence-electron chi connectivity index (χ3n) is 5.87. The Morgan fingerprint density at radius 2 is 1.94 bits per heavy atom. The molecule has 2 amide bonds. The largest absolute Gasteiger partial charge is 0.491 e. The maximum atomic E-state index is 13.3. The molecule has 0 aliphatic carbocycles. The van der Waals surface area contributed by atoms with Gasteiger partial charge in [-0.25, -0.2) is 8.42 Å². The second-order valence-electron chi connectivity index (χ2n) is 9.10. The van der Waals surface area contributed by atoms with Crippen molar-refractivity contribution in [1.29, 1.82) is 0 Å². The molecule has 0 bridgehead atoms. The molecule has 1 aromatic rings. The molecule has 1 aromatic carbocycles. The molecule has 1 heterocycles. The molecular formula is C23H38N4O6S. The highest BCUT2D eigenvalue weighted by Crippen LogP contribution is 2.27. The van der Waals surface area contributed by atoms with Crippen molar-refractivity contribution >= 4 is 27.5 Å². The molecule has 3 atom stereocenters. The number of carbonyl (C=O) groups excluding carboxylic acids is 2. The molecule has 192 valence electrons. The van der Waals surface area contributed by atoms with Crippen molar-refractivity contribution in [3.05, 3.63) is 23.8 Å². The minimum Gasteiger partial charge on any atom is -0.491 e. The van der Waals surface area contributed by atoms with E-state index in [1.165, 1.54) is 17.9 Å². The van der Waals surface area contributed by atoms with E-state index in [4.69, 9.17) is 9.47 Å². The van der Waals surface area contributed by atoms with Crippen molar-refractivity contribution in [3.63, 3.8) is 0 Å². The standard InChI is InChI=1S/C23H38N4O6S/c1-8-34(30,31)24-18-9-10-20-19(11-18)23(29)26(6)13-21(32-7)16(2)12-27(17(3)15-33-20)22(28)14-25(4)5/h9-11,16-17,21,24H,8,12-15H2,1-7H3/t16-,17+,21-/m0/s1. The fourth-order valence-electron chi connectivity index (χ4n) is 3.80. The van der Waals surface area contributed by atoms with Crippen molar-refractivity contribution in [3.8, 4) is 5.75 Å². The lowest BCUT2D eigenvalue weighted by atomic mass is 10.0. The first-order chi connectivity index (χ1) is 15.9. The van der Waals surface area contributed by atoms with Crippen LogP contribution in [0.5, 0.6) is 5.75 Å². The maximum absolute atomic E-state index is 13.3. The Bertz CT molecular complexity index is 968. The summed E-state index contributed by atoms with van der Waals surface area (Å²) < 4.78 is 38.3. The van der Waals surface area contributed by atoms with Crippen LogP contribution in [0, 0.1) is 5.92 Å². The van der Waals surface area contributed by atoms with E-state index in [1.54, 1.807) is 31.2 Å². The van der Waals surface area contributed by atoms with Crippen LogP contribution < -0.4 is 9.46 Å². The van der Waals surface area contributed by atoms with Gasteiger partial charge in [0.1, 0.15) is 12.4 Å². The molecule has 1 aliphatic rings. The van der Waals surface area contributed by atoms with Crippen LogP contribution in [-0.2, 0) is 19.6 Å². The number of ether oxygens (including phenoxy) is 2. The number of carbonyl (C=O) groups is 2. The lowest BCUT2D eigenvalue weighted by Gasteiger charge is -2.36. The zero-order chi connectivity index (χ0) is 25.6. The van der Waals surface area contributed by atoms with Gasteiger partial charge in [-0.1, -0.05) is 6.92 Å². The zero-order valence-electron chi connectivity index (χ0n) is 21.2. The smallest absolute Gasteiger partial charge is 0.257 e. The second kappa shape index (κ2) is 11.9. The Morgan fingerprint density at radius 3 is 2.53 bits per heavy atom. The molecular weight excluding hydrogens is 460 g/mol. The molecule has 0 saturated carbocycles. The number of hydrogen-bond acceptors (Lipinski definition) is 7. The maximum Gasteiger partial charge on any atom is 0.257 e. The van der Waals surface area contributed by atoms with Crippen molar-refractivity contribution in [2.75, 3.05) is 65.0 Å². The van der Waals surface area contributed by atoms with Gasteiger partial charge in [0.2, 0.25) is 15.9 Å². The van der Waals surface area contributed by atoms with Gasteiger partial charge in [0.05, 0.1) is 30.0 Å². The molecule has 1 N–H and O–H groups in total. The Hall–Kier alpha value is -2.37. The number of rotatable bonds is 6. The summed E-state index contributed by atoms with van der Waals surface area (Å²) in [5.41, 5.74) is 0.519. The van der Waals surface area contributed by atoms with Gasteiger partial charge < -0.3 is 24.2 Å². The number of methoxy groups -OCH3 is 1. The third kappa shape index (κ3) is 7.31. The van der Waals surface area contributed by atoms with Gasteiger partial charge in [-0.05, 0) is 46.1 Å². The number of fused-ring (bicyclic) bond motifs is 1. The number of hydrogen-bond donors (Lipinski definition) is 1. The Balaban J connectivity index is 2.47. The molecule has 2 rings (SSSR count). The van der Waals surface area contributed by atoms with E-state index < -0.39 is 10.0 Å². The molecule has 0 unspecified atom stereocenters. The molecule has 0 aromatic heterocycles. The van der Waals surface area contributed by atoms with E-state index in [2.05, 4.69) is 4.72 Å². The minimum atomic E-state index is -3.51. The minimum absolute atomic E-state index is 0.0196. The van der Waals surface area contributed by atoms with Crippen LogP contribution in [0.2, 0.25) is 0 Å². The number of nitrogens with zero attached hydrogens (tertiary/aromatic N) is 3. The Kier molecular flexibility index (Phi) is 9.72. The van der Waals surface area contributed by atoms with Crippen molar-refractivity contribution < 1.29 is 27.5 Å². The van der Waals surface area contributed by atoms with Crippen LogP contribution >= 0.6 is 0 Å². The van der Waals surface area contributed by atoms with Crippen molar-refractivity contribution in [2.45, 2.75) is 32.9 Å². The molecule has 10 nitrogen and oxygen atoms in total. The highest BCUT2D eigenvalue weighted by atomic mass is 32.2. The summed E-state index contributed by atoms with van der Waals surface area (Å²) in [6, 6.07) is 4.36. The summed E-state index contributed by atoms with van der Waals surface area (Å²) in [4.78, 5) is 31.5. The van der Waals surface area contributed by atoms with Crippen LogP contribution in [0.25, 0.3) is 0 Å². The highest BCUT2D eigenvalue weighted by molar-refractivity contribution is 7.92. The van der Waals surface area contributed by atoms with E-state index in [0.29, 0.717) is 18.8 Å². The average molecular weight is 499 g/mol. The lowest BCUT2D eigenvalue weighted by Crippen LogP contribution is -2.50. The van der Waals surface area contributed by atoms with Gasteiger partial charge in [0, 0.05) is 38.9 Å². The number of amides is 2. The molecule has 0 radical (unpaired) electrons. The highest BCUT2D eigenvalue weighted by Gasteiger charge is 2.30. The van der Waals surface area contributed by atoms with E-state index in [9.17, 15) is 18.0 Å². The first kappa shape index (κ1) is 27.9. The van der Waals surface area contributed by atoms with E-state index >= 15 is 0 Å². The van der Waals surface area contributed by atoms with Gasteiger partial charge in [0.25, 0.3) is 5.91 Å².